The van der Waals surface area contributed by atoms with Gasteiger partial charge in [0.2, 0.25) is 0 Å². The average Bonchev–Trinajstić information content (AvgIpc) is 3.01. The average molecular weight is 586 g/mol. The van der Waals surface area contributed by atoms with E-state index in [1.807, 2.05) is 48.5 Å². The van der Waals surface area contributed by atoms with Crippen molar-refractivity contribution in [3.63, 3.8) is 0 Å². The molecule has 0 saturated heterocycles. The molecule has 2 aromatic heterocycles. The van der Waals surface area contributed by atoms with Crippen molar-refractivity contribution < 1.29 is 14.3 Å². The lowest BCUT2D eigenvalue weighted by molar-refractivity contribution is 0.0951. The Morgan fingerprint density at radius 1 is 0.905 bits per heavy atom. The third kappa shape index (κ3) is 8.45. The predicted molar refractivity (Wildman–Crippen MR) is 169 cm³/mol. The fourth-order valence-electron chi connectivity index (χ4n) is 4.24. The van der Waals surface area contributed by atoms with E-state index in [-0.39, 0.29) is 11.3 Å². The maximum Gasteiger partial charge on any atom is 0.251 e. The summed E-state index contributed by atoms with van der Waals surface area (Å²) in [5.41, 5.74) is 4.67. The Morgan fingerprint density at radius 2 is 1.67 bits per heavy atom. The molecule has 220 valence electrons. The SMILES string of the molecule is COc1ccc(CCN(C)c2cc(C(C)(C)C)nc(SCc3cccc(C(=O)NCc4ccncc4)c3)n2)cc1OC. The highest BCUT2D eigenvalue weighted by atomic mass is 32.2. The van der Waals surface area contributed by atoms with Crippen molar-refractivity contribution >= 4 is 23.5 Å². The Hall–Kier alpha value is -4.11. The summed E-state index contributed by atoms with van der Waals surface area (Å²) >= 11 is 1.57. The van der Waals surface area contributed by atoms with Crippen LogP contribution in [0.4, 0.5) is 5.82 Å². The van der Waals surface area contributed by atoms with Gasteiger partial charge in [0.25, 0.3) is 5.91 Å². The minimum absolute atomic E-state index is 0.108. The van der Waals surface area contributed by atoms with Gasteiger partial charge in [0.15, 0.2) is 16.7 Å². The zero-order valence-electron chi connectivity index (χ0n) is 25.2. The monoisotopic (exact) mass is 585 g/mol. The van der Waals surface area contributed by atoms with E-state index in [0.717, 1.165) is 52.7 Å². The highest BCUT2D eigenvalue weighted by molar-refractivity contribution is 7.98. The molecule has 0 bridgehead atoms. The first kappa shape index (κ1) is 30.8. The van der Waals surface area contributed by atoms with Crippen LogP contribution in [0.5, 0.6) is 11.5 Å². The van der Waals surface area contributed by atoms with E-state index in [9.17, 15) is 4.79 Å². The van der Waals surface area contributed by atoms with Crippen molar-refractivity contribution in [3.8, 4) is 11.5 Å². The molecule has 8 nitrogen and oxygen atoms in total. The molecule has 1 N–H and O–H groups in total. The molecule has 0 aliphatic heterocycles. The highest BCUT2D eigenvalue weighted by Gasteiger charge is 2.20. The smallest absolute Gasteiger partial charge is 0.251 e. The van der Waals surface area contributed by atoms with Gasteiger partial charge < -0.3 is 19.7 Å². The lowest BCUT2D eigenvalue weighted by Gasteiger charge is -2.23. The van der Waals surface area contributed by atoms with Crippen LogP contribution in [-0.2, 0) is 24.1 Å². The van der Waals surface area contributed by atoms with Gasteiger partial charge in [-0.15, -0.1) is 0 Å². The van der Waals surface area contributed by atoms with Gasteiger partial charge in [0.1, 0.15) is 5.82 Å². The predicted octanol–water partition coefficient (Wildman–Crippen LogP) is 6.09. The summed E-state index contributed by atoms with van der Waals surface area (Å²) in [5.74, 6) is 2.86. The molecule has 42 heavy (non-hydrogen) atoms. The lowest BCUT2D eigenvalue weighted by Crippen LogP contribution is -2.24. The summed E-state index contributed by atoms with van der Waals surface area (Å²) in [6, 6.07) is 19.6. The van der Waals surface area contributed by atoms with Crippen LogP contribution in [0.1, 0.15) is 53.5 Å². The second-order valence-electron chi connectivity index (χ2n) is 11.0. The minimum atomic E-state index is -0.135. The first-order valence-electron chi connectivity index (χ1n) is 13.9. The van der Waals surface area contributed by atoms with Gasteiger partial charge in [-0.05, 0) is 59.5 Å². The Balaban J connectivity index is 1.44. The number of benzene rings is 2. The number of rotatable bonds is 12. The Kier molecular flexibility index (Phi) is 10.4. The maximum absolute atomic E-state index is 12.8. The van der Waals surface area contributed by atoms with Crippen LogP contribution in [0.2, 0.25) is 0 Å². The molecule has 9 heteroatoms. The fourth-order valence-corrected chi connectivity index (χ4v) is 5.04. The number of anilines is 1. The number of carbonyl (C=O) groups excluding carboxylic acids is 1. The third-order valence-electron chi connectivity index (χ3n) is 6.79. The van der Waals surface area contributed by atoms with Gasteiger partial charge in [-0.3, -0.25) is 9.78 Å². The third-order valence-corrected chi connectivity index (χ3v) is 7.71. The van der Waals surface area contributed by atoms with Crippen molar-refractivity contribution in [3.05, 3.63) is 101 Å². The van der Waals surface area contributed by atoms with Crippen LogP contribution in [0.15, 0.2) is 78.2 Å². The van der Waals surface area contributed by atoms with E-state index < -0.39 is 0 Å². The van der Waals surface area contributed by atoms with Crippen molar-refractivity contribution in [2.75, 3.05) is 32.7 Å². The van der Waals surface area contributed by atoms with Crippen LogP contribution >= 0.6 is 11.8 Å². The zero-order chi connectivity index (χ0) is 30.1. The number of likely N-dealkylation sites (N-methyl/N-ethyl adjacent to an activating group) is 1. The standard InChI is InChI=1S/C33H39N5O3S/c1-33(2,3)29-20-30(38(4)17-14-23-10-11-27(40-5)28(19-23)41-6)37-32(36-29)42-22-25-8-7-9-26(18-25)31(39)35-21-24-12-15-34-16-13-24/h7-13,15-16,18-20H,14,17,21-22H2,1-6H3,(H,35,39). The number of hydrogen-bond donors (Lipinski definition) is 1. The topological polar surface area (TPSA) is 89.5 Å². The lowest BCUT2D eigenvalue weighted by atomic mass is 9.92. The number of methoxy groups -OCH3 is 2. The van der Waals surface area contributed by atoms with E-state index >= 15 is 0 Å². The van der Waals surface area contributed by atoms with Crippen molar-refractivity contribution in [2.24, 2.45) is 0 Å². The van der Waals surface area contributed by atoms with Gasteiger partial charge in [-0.25, -0.2) is 9.97 Å². The van der Waals surface area contributed by atoms with Crippen LogP contribution in [0.3, 0.4) is 0 Å². The number of thioether (sulfide) groups is 1. The number of amides is 1. The summed E-state index contributed by atoms with van der Waals surface area (Å²) < 4.78 is 10.8. The molecular weight excluding hydrogens is 546 g/mol. The number of pyridine rings is 1. The zero-order valence-corrected chi connectivity index (χ0v) is 26.0. The molecule has 2 heterocycles. The van der Waals surface area contributed by atoms with E-state index in [1.54, 1.807) is 38.4 Å². The molecule has 0 atom stereocenters. The van der Waals surface area contributed by atoms with E-state index in [0.29, 0.717) is 23.0 Å². The van der Waals surface area contributed by atoms with Gasteiger partial charge in [-0.1, -0.05) is 50.7 Å². The molecular formula is C33H39N5O3S. The number of ether oxygens (including phenoxy) is 2. The summed E-state index contributed by atoms with van der Waals surface area (Å²) in [7, 11) is 5.34. The normalized spacial score (nSPS) is 11.2. The number of nitrogens with one attached hydrogen (secondary N) is 1. The molecule has 1 amide bonds. The molecule has 4 aromatic rings. The molecule has 0 unspecified atom stereocenters. The largest absolute Gasteiger partial charge is 0.493 e. The molecule has 0 spiro atoms. The first-order chi connectivity index (χ1) is 20.2. The van der Waals surface area contributed by atoms with Gasteiger partial charge in [0.05, 0.1) is 19.9 Å². The molecule has 0 fully saturated rings. The summed E-state index contributed by atoms with van der Waals surface area (Å²) in [6.07, 6.45) is 4.26. The second-order valence-corrected chi connectivity index (χ2v) is 12.0. The van der Waals surface area contributed by atoms with E-state index in [1.165, 1.54) is 0 Å². The Labute approximate surface area is 252 Å². The quantitative estimate of drug-likeness (QED) is 0.158. The number of aromatic nitrogens is 3. The molecule has 0 aliphatic rings. The van der Waals surface area contributed by atoms with E-state index in [4.69, 9.17) is 19.4 Å². The molecule has 0 aliphatic carbocycles. The van der Waals surface area contributed by atoms with Crippen molar-refractivity contribution in [1.29, 1.82) is 0 Å². The first-order valence-corrected chi connectivity index (χ1v) is 14.9. The molecule has 0 saturated carbocycles. The van der Waals surface area contributed by atoms with Gasteiger partial charge in [-0.2, -0.15) is 0 Å². The summed E-state index contributed by atoms with van der Waals surface area (Å²) in [5, 5.41) is 3.69. The second kappa shape index (κ2) is 14.2. The van der Waals surface area contributed by atoms with Crippen molar-refractivity contribution in [1.82, 2.24) is 20.3 Å². The Bertz CT molecular complexity index is 1490. The maximum atomic E-state index is 12.8. The summed E-state index contributed by atoms with van der Waals surface area (Å²) in [4.78, 5) is 28.7. The fraction of sp³-hybridized carbons (Fsp3) is 0.333. The molecule has 0 radical (unpaired) electrons. The number of nitrogens with zero attached hydrogens (tertiary/aromatic N) is 4. The highest BCUT2D eigenvalue weighted by Crippen LogP contribution is 2.30. The molecule has 2 aromatic carbocycles. The Morgan fingerprint density at radius 3 is 2.38 bits per heavy atom. The van der Waals surface area contributed by atoms with Crippen LogP contribution < -0.4 is 19.7 Å². The summed E-state index contributed by atoms with van der Waals surface area (Å²) in [6.45, 7) is 7.70. The van der Waals surface area contributed by atoms with E-state index in [2.05, 4.69) is 55.2 Å². The number of hydrogen-bond acceptors (Lipinski definition) is 8. The number of carbonyl (C=O) groups is 1. The minimum Gasteiger partial charge on any atom is -0.493 e. The van der Waals surface area contributed by atoms with Crippen molar-refractivity contribution in [2.45, 2.75) is 50.1 Å². The van der Waals surface area contributed by atoms with Crippen LogP contribution in [0.25, 0.3) is 0 Å². The molecule has 4 rings (SSSR count). The van der Waals surface area contributed by atoms with Crippen LogP contribution in [0, 0.1) is 0 Å². The van der Waals surface area contributed by atoms with Gasteiger partial charge >= 0.3 is 0 Å². The van der Waals surface area contributed by atoms with Crippen LogP contribution in [-0.4, -0.2) is 48.7 Å². The van der Waals surface area contributed by atoms with Gasteiger partial charge in [0, 0.05) is 55.3 Å².